The number of benzene rings is 1. The quantitative estimate of drug-likeness (QED) is 0.470. The first kappa shape index (κ1) is 23.9. The summed E-state index contributed by atoms with van der Waals surface area (Å²) in [6.45, 7) is 1.71. The maximum atomic E-state index is 13.1. The molecule has 1 saturated carbocycles. The highest BCUT2D eigenvalue weighted by molar-refractivity contribution is 7.15. The van der Waals surface area contributed by atoms with Crippen molar-refractivity contribution in [2.24, 2.45) is 5.73 Å². The number of aromatic nitrogens is 2. The van der Waals surface area contributed by atoms with Gasteiger partial charge in [0, 0.05) is 47.8 Å². The van der Waals surface area contributed by atoms with Crippen LogP contribution in [0.15, 0.2) is 36.5 Å². The Hall–Kier alpha value is -3.81. The van der Waals surface area contributed by atoms with Crippen molar-refractivity contribution in [1.29, 1.82) is 5.26 Å². The standard InChI is InChI=1S/C26H26N6O3S/c27-13-15-10-16(12-17(11-15)26-32-21-7-9-29-14-22(21)36-26)24(34)31-18-3-5-19(6-4-18)35-25-20(23(28)33)2-1-8-30-25/h1-2,8,10-12,18-19,29H,3-7,9,14H2,(H2,28,33)(H,31,34). The molecule has 0 radical (unpaired) electrons. The van der Waals surface area contributed by atoms with Gasteiger partial charge in [-0.05, 0) is 56.0 Å². The van der Waals surface area contributed by atoms with Crippen LogP contribution >= 0.6 is 11.3 Å². The number of primary amides is 1. The number of thiazole rings is 1. The van der Waals surface area contributed by atoms with Crippen LogP contribution in [-0.2, 0) is 13.0 Å². The second-order valence-electron chi connectivity index (χ2n) is 9.01. The zero-order chi connectivity index (χ0) is 25.1. The SMILES string of the molecule is N#Cc1cc(C(=O)NC2CCC(Oc3ncccc3C(N)=O)CC2)cc(-c2nc3c(s2)CNCC3)c1. The highest BCUT2D eigenvalue weighted by Gasteiger charge is 2.26. The number of carbonyl (C=O) groups excluding carboxylic acids is 2. The fraction of sp³-hybridized carbons (Fsp3) is 0.346. The minimum Gasteiger partial charge on any atom is -0.474 e. The van der Waals surface area contributed by atoms with E-state index in [2.05, 4.69) is 21.7 Å². The predicted molar refractivity (Wildman–Crippen MR) is 135 cm³/mol. The zero-order valence-electron chi connectivity index (χ0n) is 19.6. The van der Waals surface area contributed by atoms with E-state index >= 15 is 0 Å². The van der Waals surface area contributed by atoms with E-state index in [0.717, 1.165) is 48.6 Å². The fourth-order valence-electron chi connectivity index (χ4n) is 4.62. The molecule has 1 aromatic carbocycles. The van der Waals surface area contributed by atoms with E-state index in [4.69, 9.17) is 15.5 Å². The molecule has 3 aromatic rings. The van der Waals surface area contributed by atoms with E-state index in [1.54, 1.807) is 41.8 Å². The molecule has 3 heterocycles. The number of hydrogen-bond acceptors (Lipinski definition) is 8. The van der Waals surface area contributed by atoms with Crippen molar-refractivity contribution in [3.8, 4) is 22.5 Å². The van der Waals surface area contributed by atoms with Crippen molar-refractivity contribution in [2.45, 2.75) is 50.8 Å². The number of ether oxygens (including phenoxy) is 1. The molecular weight excluding hydrogens is 476 g/mol. The van der Waals surface area contributed by atoms with Gasteiger partial charge in [-0.3, -0.25) is 9.59 Å². The lowest BCUT2D eigenvalue weighted by Gasteiger charge is -2.29. The third-order valence-electron chi connectivity index (χ3n) is 6.50. The van der Waals surface area contributed by atoms with Gasteiger partial charge in [-0.15, -0.1) is 11.3 Å². The Labute approximate surface area is 212 Å². The van der Waals surface area contributed by atoms with Crippen LogP contribution in [0.2, 0.25) is 0 Å². The molecule has 2 amide bonds. The van der Waals surface area contributed by atoms with E-state index in [1.165, 1.54) is 4.88 Å². The van der Waals surface area contributed by atoms with Crippen LogP contribution in [-0.4, -0.2) is 40.5 Å². The monoisotopic (exact) mass is 502 g/mol. The molecule has 1 fully saturated rings. The van der Waals surface area contributed by atoms with Crippen molar-refractivity contribution in [2.75, 3.05) is 6.54 Å². The highest BCUT2D eigenvalue weighted by Crippen LogP contribution is 2.31. The third kappa shape index (κ3) is 5.22. The van der Waals surface area contributed by atoms with Crippen molar-refractivity contribution in [3.63, 3.8) is 0 Å². The first-order valence-corrected chi connectivity index (χ1v) is 12.8. The summed E-state index contributed by atoms with van der Waals surface area (Å²) in [5.74, 6) is -0.535. The van der Waals surface area contributed by atoms with Gasteiger partial charge >= 0.3 is 0 Å². The van der Waals surface area contributed by atoms with Crippen LogP contribution in [0, 0.1) is 11.3 Å². The van der Waals surface area contributed by atoms with Crippen molar-refractivity contribution in [1.82, 2.24) is 20.6 Å². The summed E-state index contributed by atoms with van der Waals surface area (Å²) in [6, 6.07) is 10.6. The Balaban J connectivity index is 1.23. The minimum atomic E-state index is -0.576. The molecule has 5 rings (SSSR count). The zero-order valence-corrected chi connectivity index (χ0v) is 20.4. The molecule has 9 nitrogen and oxygen atoms in total. The van der Waals surface area contributed by atoms with Crippen molar-refractivity contribution in [3.05, 3.63) is 63.8 Å². The van der Waals surface area contributed by atoms with Crippen LogP contribution in [0.5, 0.6) is 5.88 Å². The van der Waals surface area contributed by atoms with E-state index < -0.39 is 5.91 Å². The fourth-order valence-corrected chi connectivity index (χ4v) is 5.68. The molecule has 0 bridgehead atoms. The van der Waals surface area contributed by atoms with Gasteiger partial charge in [0.05, 0.1) is 17.3 Å². The van der Waals surface area contributed by atoms with Gasteiger partial charge in [-0.25, -0.2) is 9.97 Å². The molecule has 0 unspecified atom stereocenters. The number of nitrogens with zero attached hydrogens (tertiary/aromatic N) is 3. The highest BCUT2D eigenvalue weighted by atomic mass is 32.1. The summed E-state index contributed by atoms with van der Waals surface area (Å²) in [6.07, 6.45) is 5.22. The van der Waals surface area contributed by atoms with Crippen LogP contribution in [0.4, 0.5) is 0 Å². The Morgan fingerprint density at radius 2 is 2.06 bits per heavy atom. The van der Waals surface area contributed by atoms with Crippen LogP contribution in [0.3, 0.4) is 0 Å². The molecule has 4 N–H and O–H groups in total. The first-order chi connectivity index (χ1) is 17.5. The second-order valence-corrected chi connectivity index (χ2v) is 10.1. The maximum absolute atomic E-state index is 13.1. The lowest BCUT2D eigenvalue weighted by Crippen LogP contribution is -2.39. The van der Waals surface area contributed by atoms with Gasteiger partial charge in [-0.2, -0.15) is 5.26 Å². The van der Waals surface area contributed by atoms with Gasteiger partial charge in [0.25, 0.3) is 11.8 Å². The molecule has 0 spiro atoms. The van der Waals surface area contributed by atoms with Gasteiger partial charge < -0.3 is 21.1 Å². The van der Waals surface area contributed by atoms with Crippen LogP contribution < -0.4 is 21.1 Å². The van der Waals surface area contributed by atoms with Crippen molar-refractivity contribution >= 4 is 23.2 Å². The molecular formula is C26H26N6O3S. The number of nitriles is 1. The average Bonchev–Trinajstić information content (AvgIpc) is 3.34. The Morgan fingerprint density at radius 1 is 1.22 bits per heavy atom. The Kier molecular flexibility index (Phi) is 6.93. The molecule has 1 aliphatic carbocycles. The molecule has 10 heteroatoms. The smallest absolute Gasteiger partial charge is 0.254 e. The number of nitrogens with one attached hydrogen (secondary N) is 2. The molecule has 184 valence electrons. The second kappa shape index (κ2) is 10.4. The molecule has 1 aliphatic heterocycles. The van der Waals surface area contributed by atoms with E-state index in [-0.39, 0.29) is 29.5 Å². The lowest BCUT2D eigenvalue weighted by molar-refractivity contribution is 0.0881. The lowest BCUT2D eigenvalue weighted by atomic mass is 9.92. The van der Waals surface area contributed by atoms with Gasteiger partial charge in [0.15, 0.2) is 0 Å². The average molecular weight is 503 g/mol. The van der Waals surface area contributed by atoms with E-state index in [9.17, 15) is 14.9 Å². The molecule has 2 aromatic heterocycles. The van der Waals surface area contributed by atoms with E-state index in [0.29, 0.717) is 24.0 Å². The molecule has 0 atom stereocenters. The number of carbonyl (C=O) groups is 2. The maximum Gasteiger partial charge on any atom is 0.254 e. The number of rotatable bonds is 6. The summed E-state index contributed by atoms with van der Waals surface area (Å²) < 4.78 is 5.94. The molecule has 2 aliphatic rings. The van der Waals surface area contributed by atoms with Gasteiger partial charge in [0.2, 0.25) is 5.88 Å². The first-order valence-electron chi connectivity index (χ1n) is 12.0. The number of amides is 2. The summed E-state index contributed by atoms with van der Waals surface area (Å²) in [4.78, 5) is 34.8. The predicted octanol–water partition coefficient (Wildman–Crippen LogP) is 2.94. The van der Waals surface area contributed by atoms with E-state index in [1.807, 2.05) is 6.07 Å². The summed E-state index contributed by atoms with van der Waals surface area (Å²) in [7, 11) is 0. The normalized spacial score (nSPS) is 19.1. The summed E-state index contributed by atoms with van der Waals surface area (Å²) >= 11 is 1.60. The topological polar surface area (TPSA) is 143 Å². The third-order valence-corrected chi connectivity index (χ3v) is 7.64. The van der Waals surface area contributed by atoms with Crippen LogP contribution in [0.25, 0.3) is 10.6 Å². The number of nitrogens with two attached hydrogens (primary N) is 1. The summed E-state index contributed by atoms with van der Waals surface area (Å²) in [5.41, 5.74) is 8.44. The van der Waals surface area contributed by atoms with Crippen LogP contribution in [0.1, 0.15) is 62.5 Å². The molecule has 0 saturated heterocycles. The largest absolute Gasteiger partial charge is 0.474 e. The Morgan fingerprint density at radius 3 is 2.81 bits per heavy atom. The number of fused-ring (bicyclic) bond motifs is 1. The number of hydrogen-bond donors (Lipinski definition) is 3. The Bertz CT molecular complexity index is 1320. The molecule has 36 heavy (non-hydrogen) atoms. The minimum absolute atomic E-state index is 0.0101. The van der Waals surface area contributed by atoms with Gasteiger partial charge in [0.1, 0.15) is 16.7 Å². The summed E-state index contributed by atoms with van der Waals surface area (Å²) in [5, 5.41) is 16.8. The number of pyridine rings is 1. The van der Waals surface area contributed by atoms with Crippen molar-refractivity contribution < 1.29 is 14.3 Å². The van der Waals surface area contributed by atoms with Gasteiger partial charge in [-0.1, -0.05) is 0 Å².